The molecule has 1 aromatic heterocycles. The van der Waals surface area contributed by atoms with E-state index in [1.165, 1.54) is 54.3 Å². The van der Waals surface area contributed by atoms with Gasteiger partial charge in [-0.05, 0) is 88.3 Å². The topological polar surface area (TPSA) is 11.4 Å². The average molecular weight is 480 g/mol. The van der Waals surface area contributed by atoms with E-state index in [1.54, 1.807) is 0 Å². The van der Waals surface area contributed by atoms with Crippen molar-refractivity contribution in [2.24, 2.45) is 11.8 Å². The van der Waals surface area contributed by atoms with Crippen molar-refractivity contribution in [3.63, 3.8) is 0 Å². The van der Waals surface area contributed by atoms with Gasteiger partial charge in [-0.1, -0.05) is 53.0 Å². The summed E-state index contributed by atoms with van der Waals surface area (Å²) in [5.41, 5.74) is 3.84. The maximum absolute atomic E-state index is 4.43. The molecule has 0 radical (unpaired) electrons. The van der Waals surface area contributed by atoms with Gasteiger partial charge in [-0.25, -0.2) is 0 Å². The van der Waals surface area contributed by atoms with Crippen LogP contribution in [-0.4, -0.2) is 40.5 Å². The van der Waals surface area contributed by atoms with Gasteiger partial charge in [0, 0.05) is 54.3 Å². The first kappa shape index (κ1) is 29.1. The Morgan fingerprint density at radius 1 is 1.00 bits per heavy atom. The van der Waals surface area contributed by atoms with Crippen LogP contribution in [0.4, 0.5) is 0 Å². The Balaban J connectivity index is 2.09. The molecule has 1 aromatic rings. The van der Waals surface area contributed by atoms with Crippen molar-refractivity contribution in [2.45, 2.75) is 93.0 Å². The molecule has 0 saturated heterocycles. The van der Waals surface area contributed by atoms with E-state index in [0.29, 0.717) is 0 Å². The average Bonchev–Trinajstić information content (AvgIpc) is 3.19. The molecule has 35 heavy (non-hydrogen) atoms. The molecule has 1 aliphatic rings. The van der Waals surface area contributed by atoms with Crippen molar-refractivity contribution >= 4 is 12.2 Å². The molecule has 1 aliphatic carbocycles. The van der Waals surface area contributed by atoms with Crippen molar-refractivity contribution in [3.05, 3.63) is 59.0 Å². The Morgan fingerprint density at radius 2 is 1.66 bits per heavy atom. The van der Waals surface area contributed by atoms with Crippen molar-refractivity contribution in [2.75, 3.05) is 26.2 Å². The number of allylic oxidation sites excluding steroid dienone is 5. The monoisotopic (exact) mass is 479 g/mol. The lowest BCUT2D eigenvalue weighted by atomic mass is 9.87. The van der Waals surface area contributed by atoms with Crippen LogP contribution in [0.5, 0.6) is 0 Å². The summed E-state index contributed by atoms with van der Waals surface area (Å²) >= 11 is 0. The van der Waals surface area contributed by atoms with Gasteiger partial charge in [0.05, 0.1) is 6.54 Å². The fraction of sp³-hybridized carbons (Fsp3) is 0.625. The van der Waals surface area contributed by atoms with Gasteiger partial charge in [0.15, 0.2) is 0 Å². The van der Waals surface area contributed by atoms with Crippen LogP contribution in [-0.2, 0) is 6.54 Å². The molecule has 0 fully saturated rings. The van der Waals surface area contributed by atoms with E-state index in [4.69, 9.17) is 0 Å². The van der Waals surface area contributed by atoms with E-state index < -0.39 is 0 Å². The van der Waals surface area contributed by atoms with Crippen LogP contribution in [0, 0.1) is 11.8 Å². The van der Waals surface area contributed by atoms with Crippen LogP contribution in [0.25, 0.3) is 12.2 Å². The van der Waals surface area contributed by atoms with Gasteiger partial charge in [-0.15, -0.1) is 0 Å². The molecule has 0 N–H and O–H groups in total. The molecule has 196 valence electrons. The second kappa shape index (κ2) is 15.1. The van der Waals surface area contributed by atoms with Gasteiger partial charge in [0.1, 0.15) is 0 Å². The fourth-order valence-electron chi connectivity index (χ4n) is 5.29. The van der Waals surface area contributed by atoms with Gasteiger partial charge < -0.3 is 14.4 Å². The molecule has 0 spiro atoms. The molecule has 2 atom stereocenters. The highest BCUT2D eigenvalue weighted by molar-refractivity contribution is 5.55. The quantitative estimate of drug-likeness (QED) is 0.259. The molecule has 1 heterocycles. The summed E-state index contributed by atoms with van der Waals surface area (Å²) < 4.78 is 2.25. The highest BCUT2D eigenvalue weighted by Gasteiger charge is 2.13. The third kappa shape index (κ3) is 9.09. The van der Waals surface area contributed by atoms with Crippen LogP contribution in [0.15, 0.2) is 48.5 Å². The summed E-state index contributed by atoms with van der Waals surface area (Å²) in [4.78, 5) is 5.00. The number of hydrogen-bond acceptors (Lipinski definition) is 2. The number of rotatable bonds is 15. The normalized spacial score (nSPS) is 19.1. The van der Waals surface area contributed by atoms with Crippen LogP contribution in [0.1, 0.15) is 86.5 Å². The molecular formula is C32H53N3. The summed E-state index contributed by atoms with van der Waals surface area (Å²) in [6.07, 6.45) is 18.2. The Hall–Kier alpha value is -2.16. The summed E-state index contributed by atoms with van der Waals surface area (Å²) in [5.74, 6) is 1.55. The highest BCUT2D eigenvalue weighted by Crippen LogP contribution is 2.25. The smallest absolute Gasteiger partial charge is 0.0618 e. The summed E-state index contributed by atoms with van der Waals surface area (Å²) in [7, 11) is 0. The predicted octanol–water partition coefficient (Wildman–Crippen LogP) is 6.70. The molecule has 3 nitrogen and oxygen atoms in total. The summed E-state index contributed by atoms with van der Waals surface area (Å²) in [6, 6.07) is 2.22. The Morgan fingerprint density at radius 3 is 2.26 bits per heavy atom. The number of aromatic nitrogens is 1. The summed E-state index contributed by atoms with van der Waals surface area (Å²) in [6.45, 7) is 27.6. The van der Waals surface area contributed by atoms with Crippen molar-refractivity contribution < 1.29 is 0 Å². The molecule has 2 rings (SSSR count). The van der Waals surface area contributed by atoms with Crippen LogP contribution in [0.2, 0.25) is 0 Å². The van der Waals surface area contributed by atoms with E-state index >= 15 is 0 Å². The molecule has 3 heteroatoms. The Labute approximate surface area is 216 Å². The third-order valence-corrected chi connectivity index (χ3v) is 7.42. The maximum atomic E-state index is 4.43. The first-order valence-corrected chi connectivity index (χ1v) is 14.2. The zero-order valence-electron chi connectivity index (χ0n) is 23.8. The SMILES string of the molecule is C=C(Cn1cc/c(=C(C)/C=C(\C)N(CCC)CCCC2C=CC(C)CC2)c1=C)N(CCC)CCC. The van der Waals surface area contributed by atoms with Gasteiger partial charge in [0.25, 0.3) is 0 Å². The zero-order valence-corrected chi connectivity index (χ0v) is 23.8. The largest absolute Gasteiger partial charge is 0.375 e. The lowest BCUT2D eigenvalue weighted by Gasteiger charge is -2.27. The highest BCUT2D eigenvalue weighted by atomic mass is 15.2. The Kier molecular flexibility index (Phi) is 12.5. The zero-order chi connectivity index (χ0) is 25.8. The van der Waals surface area contributed by atoms with Gasteiger partial charge in [0.2, 0.25) is 0 Å². The van der Waals surface area contributed by atoms with E-state index in [-0.39, 0.29) is 0 Å². The number of hydrogen-bond donors (Lipinski definition) is 0. The first-order valence-electron chi connectivity index (χ1n) is 14.2. The van der Waals surface area contributed by atoms with E-state index in [9.17, 15) is 0 Å². The second-order valence-electron chi connectivity index (χ2n) is 10.7. The molecule has 2 unspecified atom stereocenters. The van der Waals surface area contributed by atoms with Crippen LogP contribution >= 0.6 is 0 Å². The fourth-order valence-corrected chi connectivity index (χ4v) is 5.29. The minimum absolute atomic E-state index is 0.768. The Bertz CT molecular complexity index is 942. The number of nitrogens with zero attached hydrogens (tertiary/aromatic N) is 3. The predicted molar refractivity (Wildman–Crippen MR) is 155 cm³/mol. The molecule has 0 aromatic carbocycles. The molecule has 0 amide bonds. The summed E-state index contributed by atoms with van der Waals surface area (Å²) in [5, 5.41) is 2.33. The maximum Gasteiger partial charge on any atom is 0.0618 e. The second-order valence-corrected chi connectivity index (χ2v) is 10.7. The minimum atomic E-state index is 0.768. The molecular weight excluding hydrogens is 426 g/mol. The lowest BCUT2D eigenvalue weighted by molar-refractivity contribution is 0.322. The van der Waals surface area contributed by atoms with Crippen molar-refractivity contribution in [1.82, 2.24) is 14.4 Å². The lowest BCUT2D eigenvalue weighted by Crippen LogP contribution is -2.33. The third-order valence-electron chi connectivity index (χ3n) is 7.42. The molecule has 0 bridgehead atoms. The molecule has 0 saturated carbocycles. The van der Waals surface area contributed by atoms with Crippen molar-refractivity contribution in [1.29, 1.82) is 0 Å². The van der Waals surface area contributed by atoms with E-state index in [1.807, 2.05) is 0 Å². The van der Waals surface area contributed by atoms with Gasteiger partial charge in [-0.3, -0.25) is 0 Å². The van der Waals surface area contributed by atoms with Gasteiger partial charge in [-0.2, -0.15) is 0 Å². The molecule has 0 aliphatic heterocycles. The standard InChI is InChI=1S/C32H53N3/c1-9-19-33(20-10-2)29(7)25-35-23-18-32(30(35)8)27(5)24-28(6)34(21-11-3)22-12-13-31-16-14-26(4)15-17-31/h14,16,18,23-24,26,31H,7-13,15,17,19-22,25H2,1-6H3/b28-24+,32-27-. The van der Waals surface area contributed by atoms with Crippen LogP contribution in [0.3, 0.4) is 0 Å². The van der Waals surface area contributed by atoms with Crippen LogP contribution < -0.4 is 10.6 Å². The van der Waals surface area contributed by atoms with Gasteiger partial charge >= 0.3 is 0 Å². The van der Waals surface area contributed by atoms with Crippen molar-refractivity contribution in [3.8, 4) is 0 Å². The van der Waals surface area contributed by atoms with E-state index in [2.05, 4.69) is 99.6 Å². The first-order chi connectivity index (χ1) is 16.8. The van der Waals surface area contributed by atoms with E-state index in [0.717, 1.165) is 62.8 Å². The minimum Gasteiger partial charge on any atom is -0.375 e.